The molecular formula is C27H21BrClN5O. The van der Waals surface area contributed by atoms with E-state index >= 15 is 0 Å². The second-order valence-electron chi connectivity index (χ2n) is 7.99. The van der Waals surface area contributed by atoms with Crippen molar-refractivity contribution in [2.24, 2.45) is 0 Å². The van der Waals surface area contributed by atoms with Crippen LogP contribution in [0.15, 0.2) is 95.6 Å². The number of rotatable bonds is 6. The Hall–Kier alpha value is -3.68. The molecule has 0 bridgehead atoms. The van der Waals surface area contributed by atoms with Crippen molar-refractivity contribution in [3.8, 4) is 16.9 Å². The van der Waals surface area contributed by atoms with E-state index in [2.05, 4.69) is 26.3 Å². The number of aromatic nitrogens is 4. The molecular weight excluding hydrogens is 526 g/mol. The first-order chi connectivity index (χ1) is 17.0. The molecule has 0 unspecified atom stereocenters. The maximum absolute atomic E-state index is 13.6. The van der Waals surface area contributed by atoms with Crippen LogP contribution in [0, 0.1) is 6.92 Å². The Kier molecular flexibility index (Phi) is 6.53. The summed E-state index contributed by atoms with van der Waals surface area (Å²) in [5.41, 5.74) is 4.52. The largest absolute Gasteiger partial charge is 0.304 e. The van der Waals surface area contributed by atoms with Gasteiger partial charge in [0.15, 0.2) is 5.82 Å². The molecule has 2 heterocycles. The van der Waals surface area contributed by atoms with Crippen LogP contribution < -0.4 is 5.32 Å². The molecule has 0 atom stereocenters. The topological polar surface area (TPSA) is 64.7 Å². The van der Waals surface area contributed by atoms with E-state index in [9.17, 15) is 4.79 Å². The van der Waals surface area contributed by atoms with Crippen LogP contribution in [0.5, 0.6) is 0 Å². The van der Waals surface area contributed by atoms with Gasteiger partial charge in [0.2, 0.25) is 0 Å². The summed E-state index contributed by atoms with van der Waals surface area (Å²) in [4.78, 5) is 13.6. The molecule has 0 radical (unpaired) electrons. The van der Waals surface area contributed by atoms with Gasteiger partial charge < -0.3 is 5.32 Å². The zero-order valence-electron chi connectivity index (χ0n) is 18.8. The van der Waals surface area contributed by atoms with Crippen LogP contribution in [0.1, 0.15) is 21.6 Å². The first-order valence-electron chi connectivity index (χ1n) is 11.0. The van der Waals surface area contributed by atoms with Crippen LogP contribution in [0.3, 0.4) is 0 Å². The number of carbonyl (C=O) groups is 1. The van der Waals surface area contributed by atoms with Crippen LogP contribution in [-0.4, -0.2) is 25.5 Å². The Labute approximate surface area is 216 Å². The molecule has 5 aromatic rings. The van der Waals surface area contributed by atoms with Crippen LogP contribution in [-0.2, 0) is 6.54 Å². The Bertz CT molecular complexity index is 1500. The lowest BCUT2D eigenvalue weighted by Gasteiger charge is -2.07. The Morgan fingerprint density at radius 3 is 2.31 bits per heavy atom. The SMILES string of the molecule is Cc1c(C(=O)Nc2nn(Cc3ccccc3Cl)cc2Br)c(-c2ccccc2)nn1-c1ccccc1. The van der Waals surface area contributed by atoms with Crippen molar-refractivity contribution in [3.05, 3.63) is 117 Å². The molecule has 0 fully saturated rings. The van der Waals surface area contributed by atoms with E-state index in [4.69, 9.17) is 16.7 Å². The number of hydrogen-bond acceptors (Lipinski definition) is 3. The zero-order valence-corrected chi connectivity index (χ0v) is 21.2. The summed E-state index contributed by atoms with van der Waals surface area (Å²) in [5, 5.41) is 13.0. The van der Waals surface area contributed by atoms with Gasteiger partial charge in [0, 0.05) is 16.8 Å². The molecule has 6 nitrogen and oxygen atoms in total. The predicted molar refractivity (Wildman–Crippen MR) is 142 cm³/mol. The van der Waals surface area contributed by atoms with Gasteiger partial charge in [-0.15, -0.1) is 0 Å². The monoisotopic (exact) mass is 545 g/mol. The highest BCUT2D eigenvalue weighted by Gasteiger charge is 2.24. The Morgan fingerprint density at radius 1 is 0.943 bits per heavy atom. The van der Waals surface area contributed by atoms with E-state index in [-0.39, 0.29) is 5.91 Å². The molecule has 1 amide bonds. The number of nitrogens with zero attached hydrogens (tertiary/aromatic N) is 4. The first kappa shape index (κ1) is 23.1. The fourth-order valence-corrected chi connectivity index (χ4v) is 4.54. The quantitative estimate of drug-likeness (QED) is 0.256. The van der Waals surface area contributed by atoms with Crippen LogP contribution >= 0.6 is 27.5 Å². The number of para-hydroxylation sites is 1. The maximum atomic E-state index is 13.6. The van der Waals surface area contributed by atoms with Crippen molar-refractivity contribution < 1.29 is 4.79 Å². The van der Waals surface area contributed by atoms with E-state index in [1.54, 1.807) is 9.36 Å². The molecule has 2 aromatic heterocycles. The minimum Gasteiger partial charge on any atom is -0.304 e. The van der Waals surface area contributed by atoms with Gasteiger partial charge in [-0.05, 0) is 46.6 Å². The number of carbonyl (C=O) groups excluding carboxylic acids is 1. The van der Waals surface area contributed by atoms with Crippen molar-refractivity contribution in [1.29, 1.82) is 0 Å². The molecule has 0 saturated carbocycles. The molecule has 5 rings (SSSR count). The number of amides is 1. The van der Waals surface area contributed by atoms with Crippen molar-refractivity contribution >= 4 is 39.3 Å². The minimum atomic E-state index is -0.285. The molecule has 0 aliphatic heterocycles. The van der Waals surface area contributed by atoms with E-state index in [1.165, 1.54) is 0 Å². The summed E-state index contributed by atoms with van der Waals surface area (Å²) in [6.07, 6.45) is 1.82. The molecule has 0 aliphatic rings. The summed E-state index contributed by atoms with van der Waals surface area (Å²) >= 11 is 9.82. The second kappa shape index (κ2) is 9.90. The molecule has 3 aromatic carbocycles. The van der Waals surface area contributed by atoms with Crippen molar-refractivity contribution in [2.45, 2.75) is 13.5 Å². The van der Waals surface area contributed by atoms with Crippen molar-refractivity contribution in [2.75, 3.05) is 5.32 Å². The van der Waals surface area contributed by atoms with Gasteiger partial charge in [0.05, 0.1) is 28.0 Å². The standard InChI is InChI=1S/C27H21BrClN5O/c1-18-24(25(19-10-4-2-5-11-19)31-34(18)21-13-6-3-7-14-21)27(35)30-26-22(28)17-33(32-26)16-20-12-8-9-15-23(20)29/h2-15,17H,16H2,1H3,(H,30,32,35). The third-order valence-corrected chi connectivity index (χ3v) is 6.58. The number of anilines is 1. The summed E-state index contributed by atoms with van der Waals surface area (Å²) in [7, 11) is 0. The van der Waals surface area contributed by atoms with E-state index in [1.807, 2.05) is 98.0 Å². The van der Waals surface area contributed by atoms with Crippen molar-refractivity contribution in [3.63, 3.8) is 0 Å². The predicted octanol–water partition coefficient (Wildman–Crippen LogP) is 6.76. The van der Waals surface area contributed by atoms with Crippen molar-refractivity contribution in [1.82, 2.24) is 19.6 Å². The third kappa shape index (κ3) is 4.78. The highest BCUT2D eigenvalue weighted by atomic mass is 79.9. The van der Waals surface area contributed by atoms with E-state index < -0.39 is 0 Å². The molecule has 35 heavy (non-hydrogen) atoms. The fraction of sp³-hybridized carbons (Fsp3) is 0.0741. The molecule has 174 valence electrons. The van der Waals surface area contributed by atoms with Gasteiger partial charge in [-0.3, -0.25) is 9.48 Å². The maximum Gasteiger partial charge on any atom is 0.261 e. The van der Waals surface area contributed by atoms with Crippen LogP contribution in [0.25, 0.3) is 16.9 Å². The average molecular weight is 547 g/mol. The molecule has 0 aliphatic carbocycles. The highest BCUT2D eigenvalue weighted by Crippen LogP contribution is 2.29. The van der Waals surface area contributed by atoms with Gasteiger partial charge in [-0.1, -0.05) is 78.3 Å². The Morgan fingerprint density at radius 2 is 1.60 bits per heavy atom. The number of hydrogen-bond donors (Lipinski definition) is 1. The molecule has 0 saturated heterocycles. The molecule has 1 N–H and O–H groups in total. The zero-order chi connectivity index (χ0) is 24.4. The average Bonchev–Trinajstić information content (AvgIpc) is 3.40. The minimum absolute atomic E-state index is 0.285. The third-order valence-electron chi connectivity index (χ3n) is 5.63. The van der Waals surface area contributed by atoms with Gasteiger partial charge in [-0.2, -0.15) is 10.2 Å². The lowest BCUT2D eigenvalue weighted by Crippen LogP contribution is -2.15. The van der Waals surface area contributed by atoms with Gasteiger partial charge in [-0.25, -0.2) is 4.68 Å². The van der Waals surface area contributed by atoms with Gasteiger partial charge in [0.25, 0.3) is 5.91 Å². The molecule has 8 heteroatoms. The summed E-state index contributed by atoms with van der Waals surface area (Å²) in [6.45, 7) is 2.38. The number of nitrogens with one attached hydrogen (secondary N) is 1. The lowest BCUT2D eigenvalue weighted by atomic mass is 10.1. The summed E-state index contributed by atoms with van der Waals surface area (Å²) in [6, 6.07) is 27.1. The normalized spacial score (nSPS) is 10.9. The number of benzene rings is 3. The van der Waals surface area contributed by atoms with E-state index in [0.29, 0.717) is 33.1 Å². The lowest BCUT2D eigenvalue weighted by molar-refractivity contribution is 0.102. The Balaban J connectivity index is 1.49. The van der Waals surface area contributed by atoms with Crippen LogP contribution in [0.2, 0.25) is 5.02 Å². The molecule has 0 spiro atoms. The fourth-order valence-electron chi connectivity index (χ4n) is 3.93. The van der Waals surface area contributed by atoms with Crippen LogP contribution in [0.4, 0.5) is 5.82 Å². The van der Waals surface area contributed by atoms with Gasteiger partial charge >= 0.3 is 0 Å². The summed E-state index contributed by atoms with van der Waals surface area (Å²) in [5.74, 6) is 0.139. The highest BCUT2D eigenvalue weighted by molar-refractivity contribution is 9.10. The van der Waals surface area contributed by atoms with E-state index in [0.717, 1.165) is 22.5 Å². The number of halogens is 2. The summed E-state index contributed by atoms with van der Waals surface area (Å²) < 4.78 is 4.20. The smallest absolute Gasteiger partial charge is 0.261 e. The van der Waals surface area contributed by atoms with Gasteiger partial charge in [0.1, 0.15) is 5.69 Å². The second-order valence-corrected chi connectivity index (χ2v) is 9.25. The first-order valence-corrected chi connectivity index (χ1v) is 12.2.